The van der Waals surface area contributed by atoms with Crippen LogP contribution >= 0.6 is 22.9 Å². The molecule has 0 spiro atoms. The second kappa shape index (κ2) is 5.66. The number of rotatable bonds is 2. The maximum absolute atomic E-state index is 12.6. The van der Waals surface area contributed by atoms with Crippen molar-refractivity contribution in [1.82, 2.24) is 19.7 Å². The van der Waals surface area contributed by atoms with Gasteiger partial charge in [-0.05, 0) is 31.4 Å². The predicted molar refractivity (Wildman–Crippen MR) is 85.6 cm³/mol. The molecule has 0 aromatic carbocycles. The Kier molecular flexibility index (Phi) is 3.66. The van der Waals surface area contributed by atoms with Gasteiger partial charge in [-0.3, -0.25) is 4.79 Å². The number of carbonyl (C=O) groups excluding carboxylic acids is 1. The average molecular weight is 337 g/mol. The van der Waals surface area contributed by atoms with Crippen molar-refractivity contribution >= 4 is 28.8 Å². The van der Waals surface area contributed by atoms with E-state index in [9.17, 15) is 4.79 Å². The minimum atomic E-state index is 0.0859. The molecule has 0 aliphatic carbocycles. The highest BCUT2D eigenvalue weighted by Crippen LogP contribution is 2.30. The van der Waals surface area contributed by atoms with Gasteiger partial charge in [-0.25, -0.2) is 0 Å². The molecule has 5 nitrogen and oxygen atoms in total. The highest BCUT2D eigenvalue weighted by atomic mass is 35.5. The number of aryl methyl sites for hydroxylation is 1. The SMILES string of the molecule is O=C(c1ccc(Cl)s1)N1CCCC(c2nnc3n2CCC3)C1. The van der Waals surface area contributed by atoms with Crippen LogP contribution in [0.4, 0.5) is 0 Å². The van der Waals surface area contributed by atoms with Crippen LogP contribution in [0.15, 0.2) is 12.1 Å². The van der Waals surface area contributed by atoms with Gasteiger partial charge in [-0.2, -0.15) is 0 Å². The Morgan fingerprint density at radius 2 is 2.18 bits per heavy atom. The van der Waals surface area contributed by atoms with Crippen LogP contribution in [-0.4, -0.2) is 38.7 Å². The fraction of sp³-hybridized carbons (Fsp3) is 0.533. The first-order valence-corrected chi connectivity index (χ1v) is 8.88. The lowest BCUT2D eigenvalue weighted by Gasteiger charge is -2.32. The smallest absolute Gasteiger partial charge is 0.263 e. The van der Waals surface area contributed by atoms with E-state index in [-0.39, 0.29) is 5.91 Å². The average Bonchev–Trinajstić information content (AvgIpc) is 3.22. The first kappa shape index (κ1) is 14.2. The molecular formula is C15H17ClN4OS. The number of nitrogens with zero attached hydrogens (tertiary/aromatic N) is 4. The Morgan fingerprint density at radius 3 is 3.00 bits per heavy atom. The van der Waals surface area contributed by atoms with Gasteiger partial charge >= 0.3 is 0 Å². The van der Waals surface area contributed by atoms with Gasteiger partial charge < -0.3 is 9.47 Å². The number of piperidine rings is 1. The van der Waals surface area contributed by atoms with Crippen molar-refractivity contribution in [3.05, 3.63) is 33.0 Å². The lowest BCUT2D eigenvalue weighted by molar-refractivity contribution is 0.0708. The van der Waals surface area contributed by atoms with Crippen LogP contribution in [0.3, 0.4) is 0 Å². The largest absolute Gasteiger partial charge is 0.337 e. The molecule has 0 bridgehead atoms. The van der Waals surface area contributed by atoms with Crippen LogP contribution in [0.5, 0.6) is 0 Å². The Morgan fingerprint density at radius 1 is 1.27 bits per heavy atom. The maximum Gasteiger partial charge on any atom is 0.263 e. The van der Waals surface area contributed by atoms with Gasteiger partial charge in [0.1, 0.15) is 11.6 Å². The third-order valence-corrected chi connectivity index (χ3v) is 5.71. The first-order valence-electron chi connectivity index (χ1n) is 7.69. The van der Waals surface area contributed by atoms with E-state index >= 15 is 0 Å². The second-order valence-electron chi connectivity index (χ2n) is 5.92. The van der Waals surface area contributed by atoms with Crippen LogP contribution in [0.1, 0.15) is 46.5 Å². The van der Waals surface area contributed by atoms with Crippen molar-refractivity contribution in [1.29, 1.82) is 0 Å². The molecular weight excluding hydrogens is 320 g/mol. The summed E-state index contributed by atoms with van der Waals surface area (Å²) >= 11 is 7.29. The zero-order valence-corrected chi connectivity index (χ0v) is 13.7. The summed E-state index contributed by atoms with van der Waals surface area (Å²) < 4.78 is 2.91. The van der Waals surface area contributed by atoms with Crippen molar-refractivity contribution in [3.8, 4) is 0 Å². The van der Waals surface area contributed by atoms with Crippen molar-refractivity contribution in [3.63, 3.8) is 0 Å². The summed E-state index contributed by atoms with van der Waals surface area (Å²) in [6, 6.07) is 3.60. The molecule has 2 aliphatic heterocycles. The van der Waals surface area contributed by atoms with Crippen LogP contribution in [0.25, 0.3) is 0 Å². The number of amides is 1. The molecule has 2 aromatic rings. The quantitative estimate of drug-likeness (QED) is 0.847. The molecule has 7 heteroatoms. The Bertz CT molecular complexity index is 710. The van der Waals surface area contributed by atoms with E-state index in [1.165, 1.54) is 11.3 Å². The van der Waals surface area contributed by atoms with E-state index in [0.29, 0.717) is 10.3 Å². The van der Waals surface area contributed by atoms with E-state index in [1.54, 1.807) is 6.07 Å². The van der Waals surface area contributed by atoms with Crippen LogP contribution in [0, 0.1) is 0 Å². The highest BCUT2D eigenvalue weighted by molar-refractivity contribution is 7.17. The standard InChI is InChI=1S/C15H17ClN4OS/c16-12-6-5-11(22-12)15(21)19-7-1-3-10(9-19)14-18-17-13-4-2-8-20(13)14/h5-6,10H,1-4,7-9H2. The van der Waals surface area contributed by atoms with Crippen molar-refractivity contribution < 1.29 is 4.79 Å². The monoisotopic (exact) mass is 336 g/mol. The summed E-state index contributed by atoms with van der Waals surface area (Å²) in [7, 11) is 0. The number of thiophene rings is 1. The van der Waals surface area contributed by atoms with Gasteiger partial charge in [-0.1, -0.05) is 11.6 Å². The topological polar surface area (TPSA) is 51.0 Å². The van der Waals surface area contributed by atoms with E-state index in [0.717, 1.165) is 61.8 Å². The van der Waals surface area contributed by atoms with Gasteiger partial charge in [0.25, 0.3) is 5.91 Å². The van der Waals surface area contributed by atoms with Gasteiger partial charge in [-0.15, -0.1) is 21.5 Å². The normalized spacial score (nSPS) is 21.1. The molecule has 0 radical (unpaired) electrons. The van der Waals surface area contributed by atoms with Gasteiger partial charge in [0.2, 0.25) is 0 Å². The summed E-state index contributed by atoms with van der Waals surface area (Å²) in [5.74, 6) is 2.55. The molecule has 1 atom stereocenters. The summed E-state index contributed by atoms with van der Waals surface area (Å²) in [5, 5.41) is 8.69. The molecule has 0 saturated carbocycles. The molecule has 4 rings (SSSR count). The maximum atomic E-state index is 12.6. The molecule has 1 saturated heterocycles. The Labute approximate surface area is 137 Å². The third-order valence-electron chi connectivity index (χ3n) is 4.50. The number of halogens is 1. The molecule has 22 heavy (non-hydrogen) atoms. The number of likely N-dealkylation sites (tertiary alicyclic amines) is 1. The fourth-order valence-electron chi connectivity index (χ4n) is 3.43. The Hall–Kier alpha value is -1.40. The highest BCUT2D eigenvalue weighted by Gasteiger charge is 2.30. The predicted octanol–water partition coefficient (Wildman–Crippen LogP) is 2.96. The molecule has 0 N–H and O–H groups in total. The van der Waals surface area contributed by atoms with Crippen LogP contribution in [0.2, 0.25) is 4.34 Å². The van der Waals surface area contributed by atoms with Crippen LogP contribution < -0.4 is 0 Å². The van der Waals surface area contributed by atoms with Gasteiger partial charge in [0, 0.05) is 32.0 Å². The van der Waals surface area contributed by atoms with Crippen molar-refractivity contribution in [2.24, 2.45) is 0 Å². The minimum Gasteiger partial charge on any atom is -0.337 e. The summed E-state index contributed by atoms with van der Waals surface area (Å²) in [6.45, 7) is 2.56. The summed E-state index contributed by atoms with van der Waals surface area (Å²) in [6.07, 6.45) is 4.27. The molecule has 1 fully saturated rings. The number of hydrogen-bond acceptors (Lipinski definition) is 4. The number of carbonyl (C=O) groups is 1. The lowest BCUT2D eigenvalue weighted by Crippen LogP contribution is -2.39. The fourth-order valence-corrected chi connectivity index (χ4v) is 4.44. The second-order valence-corrected chi connectivity index (χ2v) is 7.64. The van der Waals surface area contributed by atoms with E-state index in [1.807, 2.05) is 11.0 Å². The summed E-state index contributed by atoms with van der Waals surface area (Å²) in [5.41, 5.74) is 0. The molecule has 1 amide bonds. The lowest BCUT2D eigenvalue weighted by atomic mass is 9.97. The zero-order chi connectivity index (χ0) is 15.1. The molecule has 2 aliphatic rings. The molecule has 1 unspecified atom stereocenters. The first-order chi connectivity index (χ1) is 10.7. The number of hydrogen-bond donors (Lipinski definition) is 0. The van der Waals surface area contributed by atoms with Crippen molar-refractivity contribution in [2.45, 2.75) is 38.1 Å². The minimum absolute atomic E-state index is 0.0859. The van der Waals surface area contributed by atoms with E-state index in [2.05, 4.69) is 14.8 Å². The van der Waals surface area contributed by atoms with Gasteiger partial charge in [0.05, 0.1) is 9.21 Å². The summed E-state index contributed by atoms with van der Waals surface area (Å²) in [4.78, 5) is 15.3. The van der Waals surface area contributed by atoms with Crippen molar-refractivity contribution in [2.75, 3.05) is 13.1 Å². The van der Waals surface area contributed by atoms with E-state index < -0.39 is 0 Å². The molecule has 2 aromatic heterocycles. The molecule has 116 valence electrons. The number of fused-ring (bicyclic) bond motifs is 1. The van der Waals surface area contributed by atoms with Gasteiger partial charge in [0.15, 0.2) is 0 Å². The third kappa shape index (κ3) is 2.44. The molecule has 4 heterocycles. The zero-order valence-electron chi connectivity index (χ0n) is 12.2. The number of aromatic nitrogens is 3. The van der Waals surface area contributed by atoms with E-state index in [4.69, 9.17) is 11.6 Å². The van der Waals surface area contributed by atoms with Crippen LogP contribution in [-0.2, 0) is 13.0 Å². The Balaban J connectivity index is 1.53.